The molecule has 0 bridgehead atoms. The Kier molecular flexibility index (Phi) is 12.1. The van der Waals surface area contributed by atoms with Crippen LogP contribution in [0, 0.1) is 13.8 Å². The summed E-state index contributed by atoms with van der Waals surface area (Å²) in [6.07, 6.45) is 0. The Balaban J connectivity index is 0.000000249. The molecular weight excluding hydrogens is 608 g/mol. The van der Waals surface area contributed by atoms with Crippen molar-refractivity contribution in [3.8, 4) is 0 Å². The first-order chi connectivity index (χ1) is 20.6. The fraction of sp³-hybridized carbons (Fsp3) is 0.533. The standard InChI is InChI=1S/C18H28N2O4S.C12H16N2O4S/c1-13(2)20(14(3)4)18(21)16-7-6-15(5)17(12-16)25(22,23)19-8-10-24-11-9-19;1-9-2-3-10(12(13)15)8-11(9)19(16,17)14-4-6-18-7-5-14/h6-7,12-14H,8-11H2,1-5H3;2-3,8H,4-7H2,1H3,(H2,13,15). The molecule has 14 heteroatoms. The lowest BCUT2D eigenvalue weighted by Crippen LogP contribution is -2.42. The maximum atomic E-state index is 13.0. The fourth-order valence-corrected chi connectivity index (χ4v) is 8.43. The summed E-state index contributed by atoms with van der Waals surface area (Å²) in [6, 6.07) is 9.44. The van der Waals surface area contributed by atoms with Gasteiger partial charge in [0.2, 0.25) is 26.0 Å². The minimum Gasteiger partial charge on any atom is -0.379 e. The second-order valence-electron chi connectivity index (χ2n) is 11.3. The molecule has 0 spiro atoms. The number of primary amides is 1. The van der Waals surface area contributed by atoms with Crippen LogP contribution in [0.4, 0.5) is 0 Å². The van der Waals surface area contributed by atoms with E-state index < -0.39 is 26.0 Å². The lowest BCUT2D eigenvalue weighted by Gasteiger charge is -2.31. The normalized spacial score (nSPS) is 16.8. The Morgan fingerprint density at radius 1 is 0.705 bits per heavy atom. The summed E-state index contributed by atoms with van der Waals surface area (Å²) in [4.78, 5) is 26.1. The second kappa shape index (κ2) is 14.9. The molecule has 2 aliphatic rings. The van der Waals surface area contributed by atoms with Crippen molar-refractivity contribution < 1.29 is 35.9 Å². The third-order valence-corrected chi connectivity index (χ3v) is 11.5. The van der Waals surface area contributed by atoms with Gasteiger partial charge in [0.1, 0.15) is 0 Å². The van der Waals surface area contributed by atoms with Crippen LogP contribution >= 0.6 is 0 Å². The first-order valence-electron chi connectivity index (χ1n) is 14.6. The molecule has 0 aromatic heterocycles. The summed E-state index contributed by atoms with van der Waals surface area (Å²) in [6.45, 7) is 14.1. The lowest BCUT2D eigenvalue weighted by molar-refractivity contribution is 0.0643. The zero-order valence-corrected chi connectivity index (χ0v) is 27.9. The van der Waals surface area contributed by atoms with Crippen molar-refractivity contribution >= 4 is 31.9 Å². The van der Waals surface area contributed by atoms with Crippen LogP contribution in [0.3, 0.4) is 0 Å². The molecule has 2 aromatic carbocycles. The quantitative estimate of drug-likeness (QED) is 0.456. The molecule has 0 radical (unpaired) electrons. The molecule has 4 rings (SSSR count). The molecule has 2 heterocycles. The Bertz CT molecular complexity index is 1540. The molecule has 2 N–H and O–H groups in total. The number of nitrogens with zero attached hydrogens (tertiary/aromatic N) is 3. The average Bonchev–Trinajstić information content (AvgIpc) is 2.98. The summed E-state index contributed by atoms with van der Waals surface area (Å²) in [5, 5.41) is 0. The molecule has 2 fully saturated rings. The Morgan fingerprint density at radius 2 is 1.07 bits per heavy atom. The Hall–Kier alpha value is -2.88. The van der Waals surface area contributed by atoms with Gasteiger partial charge in [-0.05, 0) is 76.9 Å². The van der Waals surface area contributed by atoms with Crippen LogP contribution in [0.1, 0.15) is 59.5 Å². The van der Waals surface area contributed by atoms with E-state index >= 15 is 0 Å². The van der Waals surface area contributed by atoms with E-state index in [1.165, 1.54) is 26.8 Å². The van der Waals surface area contributed by atoms with Crippen molar-refractivity contribution in [1.82, 2.24) is 13.5 Å². The zero-order chi connectivity index (χ0) is 32.8. The summed E-state index contributed by atoms with van der Waals surface area (Å²) in [5.74, 6) is -0.790. The number of hydrogen-bond donors (Lipinski definition) is 1. The lowest BCUT2D eigenvalue weighted by atomic mass is 10.1. The summed E-state index contributed by atoms with van der Waals surface area (Å²) in [7, 11) is -7.24. The number of rotatable bonds is 8. The molecule has 0 atom stereocenters. The van der Waals surface area contributed by atoms with Crippen molar-refractivity contribution in [2.75, 3.05) is 52.6 Å². The van der Waals surface area contributed by atoms with Gasteiger partial charge >= 0.3 is 0 Å². The molecule has 2 aromatic rings. The Labute approximate surface area is 261 Å². The first kappa shape index (κ1) is 35.6. The van der Waals surface area contributed by atoms with Crippen LogP contribution < -0.4 is 5.73 Å². The highest BCUT2D eigenvalue weighted by Gasteiger charge is 2.30. The summed E-state index contributed by atoms with van der Waals surface area (Å²) >= 11 is 0. The fourth-order valence-electron chi connectivity index (χ4n) is 5.11. The molecule has 244 valence electrons. The number of morpholine rings is 2. The molecule has 0 saturated carbocycles. The number of carbonyl (C=O) groups is 2. The maximum Gasteiger partial charge on any atom is 0.254 e. The third kappa shape index (κ3) is 8.23. The maximum absolute atomic E-state index is 13.0. The van der Waals surface area contributed by atoms with Crippen molar-refractivity contribution in [1.29, 1.82) is 0 Å². The average molecular weight is 653 g/mol. The predicted molar refractivity (Wildman–Crippen MR) is 166 cm³/mol. The number of sulfonamides is 2. The number of aryl methyl sites for hydroxylation is 2. The van der Waals surface area contributed by atoms with Gasteiger partial charge < -0.3 is 20.1 Å². The molecule has 44 heavy (non-hydrogen) atoms. The van der Waals surface area contributed by atoms with Gasteiger partial charge in [0.25, 0.3) is 5.91 Å². The van der Waals surface area contributed by atoms with Gasteiger partial charge in [0.05, 0.1) is 36.2 Å². The number of hydrogen-bond acceptors (Lipinski definition) is 8. The second-order valence-corrected chi connectivity index (χ2v) is 15.1. The van der Waals surface area contributed by atoms with E-state index in [4.69, 9.17) is 15.2 Å². The molecule has 12 nitrogen and oxygen atoms in total. The highest BCUT2D eigenvalue weighted by atomic mass is 32.2. The molecular formula is C30H44N4O8S2. The minimum atomic E-state index is -3.63. The van der Waals surface area contributed by atoms with Crippen LogP contribution in [-0.2, 0) is 29.5 Å². The number of ether oxygens (including phenoxy) is 2. The van der Waals surface area contributed by atoms with Gasteiger partial charge in [0, 0.05) is 49.4 Å². The van der Waals surface area contributed by atoms with E-state index in [9.17, 15) is 26.4 Å². The number of nitrogens with two attached hydrogens (primary N) is 1. The first-order valence-corrected chi connectivity index (χ1v) is 17.5. The molecule has 0 unspecified atom stereocenters. The van der Waals surface area contributed by atoms with Gasteiger partial charge in [-0.25, -0.2) is 16.8 Å². The Morgan fingerprint density at radius 3 is 1.43 bits per heavy atom. The van der Waals surface area contributed by atoms with Crippen molar-refractivity contribution in [2.45, 2.75) is 63.4 Å². The predicted octanol–water partition coefficient (Wildman–Crippen LogP) is 2.39. The van der Waals surface area contributed by atoms with E-state index in [2.05, 4.69) is 0 Å². The van der Waals surface area contributed by atoms with Gasteiger partial charge in [0.15, 0.2) is 0 Å². The van der Waals surface area contributed by atoms with Crippen molar-refractivity contribution in [2.24, 2.45) is 5.73 Å². The monoisotopic (exact) mass is 652 g/mol. The van der Waals surface area contributed by atoms with Gasteiger partial charge in [-0.2, -0.15) is 8.61 Å². The molecule has 2 saturated heterocycles. The van der Waals surface area contributed by atoms with Crippen molar-refractivity contribution in [3.05, 3.63) is 58.7 Å². The largest absolute Gasteiger partial charge is 0.379 e. The van der Waals surface area contributed by atoms with E-state index in [1.54, 1.807) is 36.9 Å². The van der Waals surface area contributed by atoms with Crippen LogP contribution in [0.15, 0.2) is 46.2 Å². The van der Waals surface area contributed by atoms with E-state index in [-0.39, 0.29) is 33.3 Å². The molecule has 2 amide bonds. The van der Waals surface area contributed by atoms with Crippen LogP contribution in [0.2, 0.25) is 0 Å². The SMILES string of the molecule is Cc1ccc(C(=O)N(C(C)C)C(C)C)cc1S(=O)(=O)N1CCOCC1.Cc1ccc(C(N)=O)cc1S(=O)(=O)N1CCOCC1. The summed E-state index contributed by atoms with van der Waals surface area (Å²) < 4.78 is 64.1. The number of carbonyl (C=O) groups excluding carboxylic acids is 2. The van der Waals surface area contributed by atoms with Gasteiger partial charge in [-0.15, -0.1) is 0 Å². The van der Waals surface area contributed by atoms with E-state index in [0.717, 1.165) is 0 Å². The van der Waals surface area contributed by atoms with Gasteiger partial charge in [-0.1, -0.05) is 12.1 Å². The highest BCUT2D eigenvalue weighted by Crippen LogP contribution is 2.24. The molecule has 2 aliphatic heterocycles. The van der Waals surface area contributed by atoms with Gasteiger partial charge in [-0.3, -0.25) is 9.59 Å². The highest BCUT2D eigenvalue weighted by molar-refractivity contribution is 7.89. The van der Waals surface area contributed by atoms with Crippen molar-refractivity contribution in [3.63, 3.8) is 0 Å². The summed E-state index contributed by atoms with van der Waals surface area (Å²) in [5.41, 5.74) is 7.02. The van der Waals surface area contributed by atoms with Crippen LogP contribution in [-0.4, -0.2) is 107 Å². The zero-order valence-electron chi connectivity index (χ0n) is 26.3. The third-order valence-electron chi connectivity index (χ3n) is 7.43. The molecule has 0 aliphatic carbocycles. The van der Waals surface area contributed by atoms with Crippen LogP contribution in [0.5, 0.6) is 0 Å². The van der Waals surface area contributed by atoms with E-state index in [1.807, 2.05) is 27.7 Å². The van der Waals surface area contributed by atoms with Crippen LogP contribution in [0.25, 0.3) is 0 Å². The topological polar surface area (TPSA) is 157 Å². The smallest absolute Gasteiger partial charge is 0.254 e. The number of benzene rings is 2. The van der Waals surface area contributed by atoms with E-state index in [0.29, 0.717) is 69.3 Å². The minimum absolute atomic E-state index is 0.0353. The number of amides is 2.